The van der Waals surface area contributed by atoms with E-state index in [1.54, 1.807) is 6.20 Å². The standard InChI is InChI=1S/C12H20N2O/c1-3-4-5-6-9-15-11-7-8-14-12(10-11)13-2/h7-8,10H,3-6,9H2,1-2H3,(H,13,14). The van der Waals surface area contributed by atoms with E-state index in [0.717, 1.165) is 24.6 Å². The van der Waals surface area contributed by atoms with E-state index in [2.05, 4.69) is 17.2 Å². The lowest BCUT2D eigenvalue weighted by Gasteiger charge is -2.06. The average Bonchev–Trinajstić information content (AvgIpc) is 2.29. The second-order valence-corrected chi connectivity index (χ2v) is 3.54. The molecule has 0 saturated heterocycles. The Balaban J connectivity index is 2.24. The summed E-state index contributed by atoms with van der Waals surface area (Å²) in [5, 5.41) is 2.99. The number of hydrogen-bond donors (Lipinski definition) is 1. The first-order valence-corrected chi connectivity index (χ1v) is 5.63. The summed E-state index contributed by atoms with van der Waals surface area (Å²) in [6.07, 6.45) is 6.69. The van der Waals surface area contributed by atoms with Gasteiger partial charge in [0.2, 0.25) is 0 Å². The first-order chi connectivity index (χ1) is 7.36. The van der Waals surface area contributed by atoms with Crippen LogP contribution < -0.4 is 10.1 Å². The predicted molar refractivity (Wildman–Crippen MR) is 63.4 cm³/mol. The minimum Gasteiger partial charge on any atom is -0.493 e. The van der Waals surface area contributed by atoms with Crippen LogP contribution in [0.15, 0.2) is 18.3 Å². The van der Waals surface area contributed by atoms with Gasteiger partial charge in [-0.1, -0.05) is 26.2 Å². The van der Waals surface area contributed by atoms with Crippen LogP contribution in [0.4, 0.5) is 5.82 Å². The fraction of sp³-hybridized carbons (Fsp3) is 0.583. The summed E-state index contributed by atoms with van der Waals surface area (Å²) in [4.78, 5) is 4.12. The largest absolute Gasteiger partial charge is 0.493 e. The Morgan fingerprint density at radius 3 is 2.93 bits per heavy atom. The maximum Gasteiger partial charge on any atom is 0.129 e. The van der Waals surface area contributed by atoms with E-state index in [0.29, 0.717) is 0 Å². The van der Waals surface area contributed by atoms with Crippen molar-refractivity contribution < 1.29 is 4.74 Å². The van der Waals surface area contributed by atoms with E-state index in [4.69, 9.17) is 4.74 Å². The van der Waals surface area contributed by atoms with Gasteiger partial charge in [-0.2, -0.15) is 0 Å². The highest BCUT2D eigenvalue weighted by molar-refractivity contribution is 5.39. The molecular weight excluding hydrogens is 188 g/mol. The molecule has 0 spiro atoms. The zero-order chi connectivity index (χ0) is 10.9. The quantitative estimate of drug-likeness (QED) is 0.699. The molecule has 0 radical (unpaired) electrons. The lowest BCUT2D eigenvalue weighted by molar-refractivity contribution is 0.305. The number of anilines is 1. The molecule has 15 heavy (non-hydrogen) atoms. The monoisotopic (exact) mass is 208 g/mol. The molecule has 0 atom stereocenters. The van der Waals surface area contributed by atoms with Gasteiger partial charge in [0, 0.05) is 19.3 Å². The Kier molecular flexibility index (Phi) is 5.59. The molecule has 1 heterocycles. The summed E-state index contributed by atoms with van der Waals surface area (Å²) in [5.41, 5.74) is 0. The van der Waals surface area contributed by atoms with Crippen LogP contribution in [0.5, 0.6) is 5.75 Å². The van der Waals surface area contributed by atoms with Gasteiger partial charge in [-0.25, -0.2) is 4.98 Å². The molecule has 0 aliphatic carbocycles. The van der Waals surface area contributed by atoms with Crippen molar-refractivity contribution in [2.45, 2.75) is 32.6 Å². The van der Waals surface area contributed by atoms with Gasteiger partial charge in [0.1, 0.15) is 11.6 Å². The Bertz CT molecular complexity index is 276. The summed E-state index contributed by atoms with van der Waals surface area (Å²) in [6.45, 7) is 3.01. The third-order valence-corrected chi connectivity index (χ3v) is 2.25. The fourth-order valence-corrected chi connectivity index (χ4v) is 1.36. The van der Waals surface area contributed by atoms with Gasteiger partial charge in [-0.05, 0) is 12.5 Å². The smallest absolute Gasteiger partial charge is 0.129 e. The fourth-order valence-electron chi connectivity index (χ4n) is 1.36. The van der Waals surface area contributed by atoms with E-state index in [-0.39, 0.29) is 0 Å². The van der Waals surface area contributed by atoms with Gasteiger partial charge in [0.05, 0.1) is 6.61 Å². The number of hydrogen-bond acceptors (Lipinski definition) is 3. The normalized spacial score (nSPS) is 10.0. The Labute approximate surface area is 91.9 Å². The zero-order valence-corrected chi connectivity index (χ0v) is 9.62. The molecule has 0 amide bonds. The van der Waals surface area contributed by atoms with Gasteiger partial charge >= 0.3 is 0 Å². The van der Waals surface area contributed by atoms with Crippen LogP contribution in [-0.2, 0) is 0 Å². The summed E-state index contributed by atoms with van der Waals surface area (Å²) < 4.78 is 5.62. The molecule has 3 heteroatoms. The second kappa shape index (κ2) is 7.10. The van der Waals surface area contributed by atoms with Crippen LogP contribution in [-0.4, -0.2) is 18.6 Å². The molecule has 0 aliphatic heterocycles. The van der Waals surface area contributed by atoms with Crippen LogP contribution in [0.2, 0.25) is 0 Å². The number of nitrogens with one attached hydrogen (secondary N) is 1. The van der Waals surface area contributed by atoms with E-state index >= 15 is 0 Å². The number of pyridine rings is 1. The van der Waals surface area contributed by atoms with Crippen molar-refractivity contribution >= 4 is 5.82 Å². The minimum absolute atomic E-state index is 0.799. The van der Waals surface area contributed by atoms with Crippen molar-refractivity contribution in [1.29, 1.82) is 0 Å². The van der Waals surface area contributed by atoms with Gasteiger partial charge < -0.3 is 10.1 Å². The number of nitrogens with zero attached hydrogens (tertiary/aromatic N) is 1. The Morgan fingerprint density at radius 1 is 1.33 bits per heavy atom. The molecule has 0 aliphatic rings. The highest BCUT2D eigenvalue weighted by Gasteiger charge is 1.96. The number of ether oxygens (including phenoxy) is 1. The van der Waals surface area contributed by atoms with E-state index in [1.807, 2.05) is 19.2 Å². The predicted octanol–water partition coefficient (Wildman–Crippen LogP) is 3.08. The van der Waals surface area contributed by atoms with Crippen molar-refractivity contribution in [3.05, 3.63) is 18.3 Å². The lowest BCUT2D eigenvalue weighted by atomic mass is 10.2. The molecule has 1 rings (SSSR count). The number of unbranched alkanes of at least 4 members (excludes halogenated alkanes) is 3. The van der Waals surface area contributed by atoms with E-state index in [9.17, 15) is 0 Å². The summed E-state index contributed by atoms with van der Waals surface area (Å²) in [7, 11) is 1.85. The number of aromatic nitrogens is 1. The number of rotatable bonds is 7. The first-order valence-electron chi connectivity index (χ1n) is 5.63. The Morgan fingerprint density at radius 2 is 2.20 bits per heavy atom. The first kappa shape index (κ1) is 11.8. The molecule has 1 aromatic rings. The molecule has 84 valence electrons. The van der Waals surface area contributed by atoms with Crippen molar-refractivity contribution in [3.63, 3.8) is 0 Å². The van der Waals surface area contributed by atoms with Gasteiger partial charge in [-0.3, -0.25) is 0 Å². The summed E-state index contributed by atoms with van der Waals surface area (Å²) >= 11 is 0. The van der Waals surface area contributed by atoms with Crippen molar-refractivity contribution in [3.8, 4) is 5.75 Å². The molecular formula is C12H20N2O. The van der Waals surface area contributed by atoms with Crippen LogP contribution in [0.1, 0.15) is 32.6 Å². The highest BCUT2D eigenvalue weighted by atomic mass is 16.5. The van der Waals surface area contributed by atoms with E-state index < -0.39 is 0 Å². The van der Waals surface area contributed by atoms with Crippen LogP contribution in [0.25, 0.3) is 0 Å². The molecule has 1 aromatic heterocycles. The average molecular weight is 208 g/mol. The maximum atomic E-state index is 5.62. The topological polar surface area (TPSA) is 34.1 Å². The lowest BCUT2D eigenvalue weighted by Crippen LogP contribution is -1.98. The second-order valence-electron chi connectivity index (χ2n) is 3.54. The zero-order valence-electron chi connectivity index (χ0n) is 9.62. The van der Waals surface area contributed by atoms with Crippen molar-refractivity contribution in [1.82, 2.24) is 4.98 Å². The van der Waals surface area contributed by atoms with Gasteiger partial charge in [-0.15, -0.1) is 0 Å². The van der Waals surface area contributed by atoms with Crippen molar-refractivity contribution in [2.24, 2.45) is 0 Å². The van der Waals surface area contributed by atoms with Crippen LogP contribution >= 0.6 is 0 Å². The van der Waals surface area contributed by atoms with Gasteiger partial charge in [0.25, 0.3) is 0 Å². The third-order valence-electron chi connectivity index (χ3n) is 2.25. The van der Waals surface area contributed by atoms with Crippen LogP contribution in [0, 0.1) is 0 Å². The van der Waals surface area contributed by atoms with E-state index in [1.165, 1.54) is 19.3 Å². The molecule has 0 aromatic carbocycles. The third kappa shape index (κ3) is 4.68. The summed E-state index contributed by atoms with van der Waals surface area (Å²) in [6, 6.07) is 3.81. The molecule has 0 fully saturated rings. The Hall–Kier alpha value is -1.25. The maximum absolute atomic E-state index is 5.62. The molecule has 3 nitrogen and oxygen atoms in total. The molecule has 0 bridgehead atoms. The SMILES string of the molecule is CCCCCCOc1ccnc(NC)c1. The molecule has 0 unspecified atom stereocenters. The van der Waals surface area contributed by atoms with Gasteiger partial charge in [0.15, 0.2) is 0 Å². The summed E-state index contributed by atoms with van der Waals surface area (Å²) in [5.74, 6) is 1.74. The highest BCUT2D eigenvalue weighted by Crippen LogP contribution is 2.14. The van der Waals surface area contributed by atoms with Crippen LogP contribution in [0.3, 0.4) is 0 Å². The van der Waals surface area contributed by atoms with Crippen molar-refractivity contribution in [2.75, 3.05) is 19.0 Å². The minimum atomic E-state index is 0.799. The molecule has 0 saturated carbocycles. The molecule has 1 N–H and O–H groups in total.